The zero-order valence-electron chi connectivity index (χ0n) is 3.90. The van der Waals surface area contributed by atoms with Crippen molar-refractivity contribution in [2.45, 2.75) is 12.3 Å². The maximum atomic E-state index is 5.38. The molecule has 0 aliphatic heterocycles. The lowest BCUT2D eigenvalue weighted by molar-refractivity contribution is 1.05. The van der Waals surface area contributed by atoms with E-state index in [2.05, 4.69) is 35.0 Å². The van der Waals surface area contributed by atoms with Crippen LogP contribution >= 0.6 is 42.1 Å². The Kier molecular flexibility index (Phi) is 3.31. The van der Waals surface area contributed by atoms with Crippen molar-refractivity contribution in [1.82, 2.24) is 0 Å². The molecule has 0 spiro atoms. The van der Waals surface area contributed by atoms with Crippen LogP contribution in [0.15, 0.2) is 0 Å². The SMILES string of the molecule is CC(N)S(S)(S)S. The standard InChI is InChI=1S/C2H9NS4/c1-2(3)7(4,5)6/h2,4-6H,3H2,1H3. The van der Waals surface area contributed by atoms with Crippen molar-refractivity contribution < 1.29 is 0 Å². The molecule has 1 nitrogen and oxygen atoms in total. The summed E-state index contributed by atoms with van der Waals surface area (Å²) < 4.78 is 0. The van der Waals surface area contributed by atoms with E-state index in [9.17, 15) is 0 Å². The van der Waals surface area contributed by atoms with Gasteiger partial charge in [-0.3, -0.25) is 0 Å². The summed E-state index contributed by atoms with van der Waals surface area (Å²) in [6.07, 6.45) is 0. The van der Waals surface area contributed by atoms with E-state index in [1.165, 1.54) is 0 Å². The fourth-order valence-electron chi connectivity index (χ4n) is 0. The van der Waals surface area contributed by atoms with Gasteiger partial charge in [0.2, 0.25) is 0 Å². The topological polar surface area (TPSA) is 26.0 Å². The van der Waals surface area contributed by atoms with Gasteiger partial charge < -0.3 is 5.73 Å². The molecule has 0 aromatic carbocycles. The Morgan fingerprint density at radius 1 is 1.43 bits per heavy atom. The lowest BCUT2D eigenvalue weighted by Crippen LogP contribution is -2.13. The van der Waals surface area contributed by atoms with E-state index in [-0.39, 0.29) is 5.37 Å². The largest absolute Gasteiger partial charge is 0.319 e. The fourth-order valence-corrected chi connectivity index (χ4v) is 0. The minimum absolute atomic E-state index is 0.0255. The molecule has 0 aromatic heterocycles. The average molecular weight is 175 g/mol. The molecule has 0 amide bonds. The van der Waals surface area contributed by atoms with E-state index in [4.69, 9.17) is 5.73 Å². The molecular formula is C2H9NS4. The molecule has 1 atom stereocenters. The fraction of sp³-hybridized carbons (Fsp3) is 1.00. The second-order valence-electron chi connectivity index (χ2n) is 1.27. The van der Waals surface area contributed by atoms with Gasteiger partial charge in [-0.2, -0.15) is 0 Å². The summed E-state index contributed by atoms with van der Waals surface area (Å²) in [6.45, 7) is 1.84. The second kappa shape index (κ2) is 2.77. The van der Waals surface area contributed by atoms with Crippen LogP contribution in [0.4, 0.5) is 0 Å². The van der Waals surface area contributed by atoms with Crippen molar-refractivity contribution >= 4 is 42.1 Å². The predicted octanol–water partition coefficient (Wildman–Crippen LogP) is 1.63. The zero-order chi connectivity index (χ0) is 6.08. The molecule has 0 saturated heterocycles. The van der Waals surface area contributed by atoms with Gasteiger partial charge in [0, 0.05) is 0 Å². The van der Waals surface area contributed by atoms with E-state index in [1.54, 1.807) is 0 Å². The third-order valence-electron chi connectivity index (χ3n) is 0.499. The summed E-state index contributed by atoms with van der Waals surface area (Å²) in [5, 5.41) is -0.0255. The number of nitrogens with two attached hydrogens (primary N) is 1. The molecule has 2 N–H and O–H groups in total. The quantitative estimate of drug-likeness (QED) is 0.354. The highest BCUT2D eigenvalue weighted by atomic mass is 33.8. The van der Waals surface area contributed by atoms with E-state index in [0.29, 0.717) is 0 Å². The third-order valence-corrected chi connectivity index (χ3v) is 4.49. The smallest absolute Gasteiger partial charge is 0.0575 e. The third kappa shape index (κ3) is 3.90. The van der Waals surface area contributed by atoms with Gasteiger partial charge in [0.25, 0.3) is 0 Å². The summed E-state index contributed by atoms with van der Waals surface area (Å²) in [6, 6.07) is 0. The molecule has 5 heteroatoms. The summed E-state index contributed by atoms with van der Waals surface area (Å²) in [5.74, 6) is 0. The van der Waals surface area contributed by atoms with E-state index in [1.807, 2.05) is 6.92 Å². The maximum Gasteiger partial charge on any atom is 0.0575 e. The van der Waals surface area contributed by atoms with Gasteiger partial charge in [0.1, 0.15) is 0 Å². The van der Waals surface area contributed by atoms with Gasteiger partial charge in [0.05, 0.1) is 5.37 Å². The monoisotopic (exact) mass is 175 g/mol. The molecule has 0 aliphatic carbocycles. The number of hydrogen-bond donors (Lipinski definition) is 4. The van der Waals surface area contributed by atoms with Gasteiger partial charge in [-0.15, -0.1) is 35.0 Å². The summed E-state index contributed by atoms with van der Waals surface area (Å²) in [4.78, 5) is 0. The number of thiol groups is 3. The van der Waals surface area contributed by atoms with Crippen molar-refractivity contribution in [2.24, 2.45) is 5.73 Å². The summed E-state index contributed by atoms with van der Waals surface area (Å²) >= 11 is 12.1. The lowest BCUT2D eigenvalue weighted by atomic mass is 10.8. The predicted molar refractivity (Wildman–Crippen MR) is 48.2 cm³/mol. The molecule has 0 bridgehead atoms. The van der Waals surface area contributed by atoms with Crippen molar-refractivity contribution in [3.63, 3.8) is 0 Å². The van der Waals surface area contributed by atoms with Crippen molar-refractivity contribution in [2.75, 3.05) is 0 Å². The van der Waals surface area contributed by atoms with E-state index in [0.717, 1.165) is 0 Å². The van der Waals surface area contributed by atoms with Crippen LogP contribution in [0.2, 0.25) is 0 Å². The minimum atomic E-state index is -1.38. The van der Waals surface area contributed by atoms with E-state index < -0.39 is 7.12 Å². The Bertz CT molecular complexity index is 55.2. The van der Waals surface area contributed by atoms with Gasteiger partial charge in [0.15, 0.2) is 0 Å². The van der Waals surface area contributed by atoms with Crippen molar-refractivity contribution in [1.29, 1.82) is 0 Å². The first-order chi connectivity index (χ1) is 2.94. The van der Waals surface area contributed by atoms with Crippen LogP contribution in [0.3, 0.4) is 0 Å². The molecule has 0 radical (unpaired) electrons. The molecule has 0 rings (SSSR count). The number of rotatable bonds is 1. The van der Waals surface area contributed by atoms with Gasteiger partial charge in [-0.1, -0.05) is 7.12 Å². The van der Waals surface area contributed by atoms with Gasteiger partial charge in [-0.25, -0.2) is 0 Å². The first-order valence-corrected chi connectivity index (χ1v) is 6.55. The Morgan fingerprint density at radius 3 is 1.57 bits per heavy atom. The Labute approximate surface area is 60.2 Å². The van der Waals surface area contributed by atoms with Gasteiger partial charge in [-0.05, 0) is 6.92 Å². The Balaban J connectivity index is 3.54. The minimum Gasteiger partial charge on any atom is -0.319 e. The highest BCUT2D eigenvalue weighted by Crippen LogP contribution is 2.63. The second-order valence-corrected chi connectivity index (χ2v) is 10.9. The average Bonchev–Trinajstić information content (AvgIpc) is 1.31. The molecule has 46 valence electrons. The van der Waals surface area contributed by atoms with Crippen molar-refractivity contribution in [3.8, 4) is 0 Å². The highest BCUT2D eigenvalue weighted by Gasteiger charge is 2.11. The normalized spacial score (nSPS) is 19.0. The highest BCUT2D eigenvalue weighted by molar-refractivity contribution is 9.40. The molecular weight excluding hydrogens is 166 g/mol. The van der Waals surface area contributed by atoms with Gasteiger partial charge >= 0.3 is 0 Å². The lowest BCUT2D eigenvalue weighted by Gasteiger charge is -2.24. The van der Waals surface area contributed by atoms with Crippen LogP contribution in [-0.2, 0) is 0 Å². The van der Waals surface area contributed by atoms with Crippen LogP contribution < -0.4 is 5.73 Å². The molecule has 0 aliphatic rings. The Hall–Kier alpha value is 1.36. The summed E-state index contributed by atoms with van der Waals surface area (Å²) in [7, 11) is -1.38. The first-order valence-electron chi connectivity index (χ1n) is 1.69. The van der Waals surface area contributed by atoms with Crippen LogP contribution in [0.1, 0.15) is 6.92 Å². The van der Waals surface area contributed by atoms with Crippen molar-refractivity contribution in [3.05, 3.63) is 0 Å². The number of hydrogen-bond acceptors (Lipinski definition) is 4. The van der Waals surface area contributed by atoms with Crippen LogP contribution in [0, 0.1) is 0 Å². The molecule has 0 heterocycles. The van der Waals surface area contributed by atoms with Crippen LogP contribution in [0.5, 0.6) is 0 Å². The molecule has 1 unspecified atom stereocenters. The van der Waals surface area contributed by atoms with Crippen LogP contribution in [-0.4, -0.2) is 5.37 Å². The zero-order valence-corrected chi connectivity index (χ0v) is 7.40. The van der Waals surface area contributed by atoms with Crippen LogP contribution in [0.25, 0.3) is 0 Å². The molecule has 0 aromatic rings. The molecule has 7 heavy (non-hydrogen) atoms. The maximum absolute atomic E-state index is 5.38. The Morgan fingerprint density at radius 2 is 1.57 bits per heavy atom. The summed E-state index contributed by atoms with van der Waals surface area (Å²) in [5.41, 5.74) is 5.38. The first kappa shape index (κ1) is 8.36. The van der Waals surface area contributed by atoms with E-state index >= 15 is 0 Å². The molecule has 0 saturated carbocycles. The molecule has 0 fully saturated rings.